The Labute approximate surface area is 116 Å². The van der Waals surface area contributed by atoms with Crippen LogP contribution in [-0.4, -0.2) is 25.0 Å². The van der Waals surface area contributed by atoms with E-state index in [0.29, 0.717) is 5.92 Å². The maximum atomic E-state index is 13.1. The molecule has 3 atom stereocenters. The molecule has 0 spiro atoms. The molecule has 1 amide bonds. The van der Waals surface area contributed by atoms with Gasteiger partial charge in [-0.25, -0.2) is 8.78 Å². The highest BCUT2D eigenvalue weighted by Gasteiger charge is 2.34. The third kappa shape index (κ3) is 2.82. The van der Waals surface area contributed by atoms with E-state index in [1.807, 2.05) is 0 Å². The molecule has 3 nitrogen and oxygen atoms in total. The molecule has 0 aromatic heterocycles. The van der Waals surface area contributed by atoms with E-state index >= 15 is 0 Å². The molecule has 1 heterocycles. The number of fused-ring (bicyclic) bond motifs is 1. The second-order valence-electron chi connectivity index (χ2n) is 5.82. The zero-order chi connectivity index (χ0) is 14.1. The topological polar surface area (TPSA) is 41.1 Å². The van der Waals surface area contributed by atoms with Crippen LogP contribution in [0.4, 0.5) is 8.78 Å². The zero-order valence-electron chi connectivity index (χ0n) is 11.2. The first-order valence-corrected chi connectivity index (χ1v) is 7.09. The lowest BCUT2D eigenvalue weighted by atomic mass is 9.79. The van der Waals surface area contributed by atoms with Crippen LogP contribution in [0, 0.1) is 23.5 Å². The molecule has 20 heavy (non-hydrogen) atoms. The van der Waals surface area contributed by atoms with Crippen molar-refractivity contribution in [3.05, 3.63) is 35.4 Å². The predicted octanol–water partition coefficient (Wildman–Crippen LogP) is 2.08. The maximum Gasteiger partial charge on any atom is 0.251 e. The van der Waals surface area contributed by atoms with Crippen molar-refractivity contribution in [3.8, 4) is 0 Å². The number of amides is 1. The van der Waals surface area contributed by atoms with Crippen molar-refractivity contribution in [2.45, 2.75) is 25.3 Å². The van der Waals surface area contributed by atoms with Gasteiger partial charge in [-0.2, -0.15) is 0 Å². The minimum Gasteiger partial charge on any atom is -0.349 e. The van der Waals surface area contributed by atoms with Gasteiger partial charge in [-0.3, -0.25) is 4.79 Å². The normalized spacial score (nSPS) is 29.0. The summed E-state index contributed by atoms with van der Waals surface area (Å²) in [6.07, 6.45) is 2.98. The molecule has 0 radical (unpaired) electrons. The van der Waals surface area contributed by atoms with Crippen molar-refractivity contribution in [1.29, 1.82) is 0 Å². The number of hydrogen-bond acceptors (Lipinski definition) is 2. The predicted molar refractivity (Wildman–Crippen MR) is 71.3 cm³/mol. The van der Waals surface area contributed by atoms with Crippen LogP contribution in [0.5, 0.6) is 0 Å². The van der Waals surface area contributed by atoms with Gasteiger partial charge in [0, 0.05) is 17.7 Å². The zero-order valence-corrected chi connectivity index (χ0v) is 11.2. The molecule has 5 heteroatoms. The lowest BCUT2D eigenvalue weighted by Crippen LogP contribution is -2.40. The number of rotatable bonds is 2. The number of benzene rings is 1. The van der Waals surface area contributed by atoms with E-state index in [9.17, 15) is 13.6 Å². The van der Waals surface area contributed by atoms with E-state index < -0.39 is 17.5 Å². The van der Waals surface area contributed by atoms with Gasteiger partial charge in [-0.1, -0.05) is 0 Å². The van der Waals surface area contributed by atoms with Crippen molar-refractivity contribution >= 4 is 5.91 Å². The van der Waals surface area contributed by atoms with Crippen LogP contribution < -0.4 is 10.6 Å². The van der Waals surface area contributed by atoms with Crippen molar-refractivity contribution in [2.75, 3.05) is 13.1 Å². The molecule has 2 aliphatic rings. The Morgan fingerprint density at radius 1 is 1.10 bits per heavy atom. The van der Waals surface area contributed by atoms with Crippen molar-refractivity contribution in [1.82, 2.24) is 10.6 Å². The quantitative estimate of drug-likeness (QED) is 0.871. The van der Waals surface area contributed by atoms with E-state index in [1.54, 1.807) is 0 Å². The van der Waals surface area contributed by atoms with E-state index in [0.717, 1.165) is 56.5 Å². The smallest absolute Gasteiger partial charge is 0.251 e. The summed E-state index contributed by atoms with van der Waals surface area (Å²) in [4.78, 5) is 12.0. The third-order valence-corrected chi connectivity index (χ3v) is 4.41. The number of carbonyl (C=O) groups excluding carboxylic acids is 1. The van der Waals surface area contributed by atoms with E-state index in [4.69, 9.17) is 0 Å². The largest absolute Gasteiger partial charge is 0.349 e. The highest BCUT2D eigenvalue weighted by atomic mass is 19.1. The van der Waals surface area contributed by atoms with Crippen LogP contribution >= 0.6 is 0 Å². The molecule has 1 saturated heterocycles. The molecule has 3 rings (SSSR count). The second kappa shape index (κ2) is 5.48. The highest BCUT2D eigenvalue weighted by molar-refractivity contribution is 5.94. The van der Waals surface area contributed by atoms with Gasteiger partial charge in [0.05, 0.1) is 0 Å². The van der Waals surface area contributed by atoms with Gasteiger partial charge in [0.2, 0.25) is 0 Å². The average Bonchev–Trinajstić information content (AvgIpc) is 2.85. The van der Waals surface area contributed by atoms with Crippen molar-refractivity contribution in [2.24, 2.45) is 11.8 Å². The summed E-state index contributed by atoms with van der Waals surface area (Å²) in [6, 6.07) is 3.02. The van der Waals surface area contributed by atoms with Crippen LogP contribution in [-0.2, 0) is 0 Å². The summed E-state index contributed by atoms with van der Waals surface area (Å²) in [5.74, 6) is -0.511. The Morgan fingerprint density at radius 2 is 1.80 bits per heavy atom. The Hall–Kier alpha value is -1.49. The summed E-state index contributed by atoms with van der Waals surface area (Å²) in [6.45, 7) is 2.08. The first kappa shape index (κ1) is 13.5. The van der Waals surface area contributed by atoms with Crippen LogP contribution in [0.25, 0.3) is 0 Å². The summed E-state index contributed by atoms with van der Waals surface area (Å²) in [5, 5.41) is 6.28. The molecule has 108 valence electrons. The molecule has 1 aromatic rings. The van der Waals surface area contributed by atoms with E-state index in [2.05, 4.69) is 10.6 Å². The van der Waals surface area contributed by atoms with Crippen molar-refractivity contribution in [3.63, 3.8) is 0 Å². The molecule has 0 bridgehead atoms. The number of nitrogens with one attached hydrogen (secondary N) is 2. The molecule has 2 fully saturated rings. The SMILES string of the molecule is O=C(NC1CC[C@H]2CNC[C@H]2C1)c1cc(F)cc(F)c1. The van der Waals surface area contributed by atoms with Crippen molar-refractivity contribution < 1.29 is 13.6 Å². The minimum atomic E-state index is -0.723. The summed E-state index contributed by atoms with van der Waals surface area (Å²) < 4.78 is 26.2. The summed E-state index contributed by atoms with van der Waals surface area (Å²) in [7, 11) is 0. The van der Waals surface area contributed by atoms with E-state index in [-0.39, 0.29) is 11.6 Å². The van der Waals surface area contributed by atoms with Crippen LogP contribution in [0.3, 0.4) is 0 Å². The van der Waals surface area contributed by atoms with E-state index in [1.165, 1.54) is 0 Å². The van der Waals surface area contributed by atoms with Gasteiger partial charge in [0.1, 0.15) is 11.6 Å². The van der Waals surface area contributed by atoms with Gasteiger partial charge in [-0.05, 0) is 56.3 Å². The van der Waals surface area contributed by atoms with Gasteiger partial charge in [-0.15, -0.1) is 0 Å². The van der Waals surface area contributed by atoms with Crippen LogP contribution in [0.2, 0.25) is 0 Å². The number of carbonyl (C=O) groups is 1. The second-order valence-corrected chi connectivity index (χ2v) is 5.82. The van der Waals surface area contributed by atoms with Gasteiger partial charge >= 0.3 is 0 Å². The van der Waals surface area contributed by atoms with Gasteiger partial charge in [0.25, 0.3) is 5.91 Å². The summed E-state index contributed by atoms with van der Waals surface area (Å²) in [5.41, 5.74) is 0.0502. The number of halogens is 2. The number of hydrogen-bond donors (Lipinski definition) is 2. The molecule has 1 aromatic carbocycles. The Morgan fingerprint density at radius 3 is 2.55 bits per heavy atom. The minimum absolute atomic E-state index is 0.0502. The molecule has 1 aliphatic carbocycles. The average molecular weight is 280 g/mol. The lowest BCUT2D eigenvalue weighted by molar-refractivity contribution is 0.0912. The van der Waals surface area contributed by atoms with Crippen LogP contribution in [0.15, 0.2) is 18.2 Å². The molecule has 1 saturated carbocycles. The standard InChI is InChI=1S/C15H18F2N2O/c16-12-3-10(4-13(17)6-12)15(20)19-14-2-1-9-7-18-8-11(9)5-14/h3-4,6,9,11,14,18H,1-2,5,7-8H2,(H,19,20)/t9-,11+,14?/m0/s1. The first-order chi connectivity index (χ1) is 9.61. The Balaban J connectivity index is 1.64. The fourth-order valence-electron chi connectivity index (χ4n) is 3.38. The first-order valence-electron chi connectivity index (χ1n) is 7.09. The Kier molecular flexibility index (Phi) is 3.70. The van der Waals surface area contributed by atoms with Gasteiger partial charge in [0.15, 0.2) is 0 Å². The monoisotopic (exact) mass is 280 g/mol. The highest BCUT2D eigenvalue weighted by Crippen LogP contribution is 2.32. The fraction of sp³-hybridized carbons (Fsp3) is 0.533. The molecular formula is C15H18F2N2O. The lowest BCUT2D eigenvalue weighted by Gasteiger charge is -2.31. The summed E-state index contributed by atoms with van der Waals surface area (Å²) >= 11 is 0. The maximum absolute atomic E-state index is 13.1. The van der Waals surface area contributed by atoms with Gasteiger partial charge < -0.3 is 10.6 Å². The Bertz CT molecular complexity index is 500. The molecular weight excluding hydrogens is 262 g/mol. The molecule has 1 aliphatic heterocycles. The molecule has 2 N–H and O–H groups in total. The third-order valence-electron chi connectivity index (χ3n) is 4.41. The molecule has 1 unspecified atom stereocenters. The van der Waals surface area contributed by atoms with Crippen LogP contribution in [0.1, 0.15) is 29.6 Å². The fourth-order valence-corrected chi connectivity index (χ4v) is 3.38.